The smallest absolute Gasteiger partial charge is 0.235 e. The van der Waals surface area contributed by atoms with Crippen LogP contribution < -0.4 is 10.6 Å². The van der Waals surface area contributed by atoms with Crippen LogP contribution in [0.3, 0.4) is 0 Å². The van der Waals surface area contributed by atoms with Crippen molar-refractivity contribution < 1.29 is 9.59 Å². The topological polar surface area (TPSA) is 58.2 Å². The van der Waals surface area contributed by atoms with E-state index in [0.29, 0.717) is 25.9 Å². The third-order valence-corrected chi connectivity index (χ3v) is 2.75. The lowest BCUT2D eigenvalue weighted by molar-refractivity contribution is -0.149. The van der Waals surface area contributed by atoms with Gasteiger partial charge in [-0.15, -0.1) is 0 Å². The average Bonchev–Trinajstić information content (AvgIpc) is 2.02. The molecule has 0 spiro atoms. The molecule has 4 heteroatoms. The number of carbonyl (C=O) groups is 2. The van der Waals surface area contributed by atoms with Crippen molar-refractivity contribution >= 4 is 11.8 Å². The first-order valence-corrected chi connectivity index (χ1v) is 5.24. The predicted octanol–water partition coefficient (Wildman–Crippen LogP) is 0.429. The van der Waals surface area contributed by atoms with Crippen LogP contribution in [-0.2, 0) is 9.59 Å². The van der Waals surface area contributed by atoms with Gasteiger partial charge in [0.25, 0.3) is 0 Å². The molecule has 14 heavy (non-hydrogen) atoms. The Morgan fingerprint density at radius 3 is 1.71 bits per heavy atom. The molecule has 0 aromatic rings. The summed E-state index contributed by atoms with van der Waals surface area (Å²) in [6.07, 6.45) is 2.34. The van der Waals surface area contributed by atoms with Crippen LogP contribution in [0.15, 0.2) is 0 Å². The molecule has 0 saturated heterocycles. The van der Waals surface area contributed by atoms with Crippen LogP contribution in [0.1, 0.15) is 33.1 Å². The highest BCUT2D eigenvalue weighted by Crippen LogP contribution is 2.41. The molecule has 0 aromatic heterocycles. The lowest BCUT2D eigenvalue weighted by Crippen LogP contribution is -2.55. The largest absolute Gasteiger partial charge is 0.355 e. The van der Waals surface area contributed by atoms with Crippen LogP contribution in [0.4, 0.5) is 0 Å². The number of carbonyl (C=O) groups excluding carboxylic acids is 2. The van der Waals surface area contributed by atoms with Gasteiger partial charge in [0.1, 0.15) is 5.41 Å². The number of nitrogens with one attached hydrogen (secondary N) is 2. The molecule has 0 bridgehead atoms. The van der Waals surface area contributed by atoms with Gasteiger partial charge in [-0.05, 0) is 26.7 Å². The fourth-order valence-corrected chi connectivity index (χ4v) is 1.75. The fraction of sp³-hybridized carbons (Fsp3) is 0.800. The first kappa shape index (κ1) is 11.0. The van der Waals surface area contributed by atoms with E-state index in [1.54, 1.807) is 0 Å². The minimum atomic E-state index is -0.758. The minimum absolute atomic E-state index is 0.114. The Labute approximate surface area is 84.4 Å². The molecule has 0 radical (unpaired) electrons. The molecule has 2 N–H and O–H groups in total. The number of amides is 2. The maximum Gasteiger partial charge on any atom is 0.235 e. The van der Waals surface area contributed by atoms with Gasteiger partial charge in [-0.3, -0.25) is 9.59 Å². The first-order valence-electron chi connectivity index (χ1n) is 5.24. The highest BCUT2D eigenvalue weighted by molar-refractivity contribution is 6.05. The summed E-state index contributed by atoms with van der Waals surface area (Å²) >= 11 is 0. The molecule has 80 valence electrons. The van der Waals surface area contributed by atoms with Crippen molar-refractivity contribution in [3.8, 4) is 0 Å². The van der Waals surface area contributed by atoms with Crippen molar-refractivity contribution in [3.63, 3.8) is 0 Å². The van der Waals surface area contributed by atoms with Crippen molar-refractivity contribution in [1.29, 1.82) is 0 Å². The first-order chi connectivity index (χ1) is 6.67. The fourth-order valence-electron chi connectivity index (χ4n) is 1.75. The lowest BCUT2D eigenvalue weighted by atomic mass is 9.67. The molecule has 0 atom stereocenters. The summed E-state index contributed by atoms with van der Waals surface area (Å²) in [7, 11) is 0. The van der Waals surface area contributed by atoms with Crippen LogP contribution in [0.2, 0.25) is 0 Å². The van der Waals surface area contributed by atoms with E-state index < -0.39 is 5.41 Å². The molecular weight excluding hydrogens is 180 g/mol. The van der Waals surface area contributed by atoms with E-state index in [1.165, 1.54) is 0 Å². The van der Waals surface area contributed by atoms with Gasteiger partial charge in [-0.25, -0.2) is 0 Å². The van der Waals surface area contributed by atoms with Crippen LogP contribution >= 0.6 is 0 Å². The second-order valence-electron chi connectivity index (χ2n) is 3.65. The molecule has 1 aliphatic rings. The van der Waals surface area contributed by atoms with E-state index in [0.717, 1.165) is 6.42 Å². The van der Waals surface area contributed by atoms with Gasteiger partial charge in [0, 0.05) is 13.1 Å². The molecule has 4 nitrogen and oxygen atoms in total. The van der Waals surface area contributed by atoms with Crippen LogP contribution in [0.25, 0.3) is 0 Å². The quantitative estimate of drug-likeness (QED) is 0.643. The number of hydrogen-bond donors (Lipinski definition) is 2. The van der Waals surface area contributed by atoms with Gasteiger partial charge in [-0.1, -0.05) is 6.42 Å². The van der Waals surface area contributed by atoms with Gasteiger partial charge in [0.15, 0.2) is 0 Å². The zero-order chi connectivity index (χ0) is 10.6. The SMILES string of the molecule is CCNC(=O)C1(C(=O)NCC)CCC1. The Morgan fingerprint density at radius 2 is 1.50 bits per heavy atom. The second kappa shape index (κ2) is 4.44. The van der Waals surface area contributed by atoms with E-state index in [2.05, 4.69) is 10.6 Å². The van der Waals surface area contributed by atoms with E-state index >= 15 is 0 Å². The summed E-state index contributed by atoms with van der Waals surface area (Å²) in [5.74, 6) is -0.227. The maximum absolute atomic E-state index is 11.7. The molecule has 1 rings (SSSR count). The molecule has 0 heterocycles. The molecule has 2 amide bonds. The molecule has 1 fully saturated rings. The summed E-state index contributed by atoms with van der Waals surface area (Å²) in [6.45, 7) is 4.89. The van der Waals surface area contributed by atoms with Crippen molar-refractivity contribution in [1.82, 2.24) is 10.6 Å². The molecule has 0 aliphatic heterocycles. The number of rotatable bonds is 4. The van der Waals surface area contributed by atoms with Crippen molar-refractivity contribution in [2.24, 2.45) is 5.41 Å². The Balaban J connectivity index is 2.65. The van der Waals surface area contributed by atoms with E-state index in [4.69, 9.17) is 0 Å². The normalized spacial score (nSPS) is 18.1. The van der Waals surface area contributed by atoms with E-state index in [-0.39, 0.29) is 11.8 Å². The second-order valence-corrected chi connectivity index (χ2v) is 3.65. The van der Waals surface area contributed by atoms with Crippen LogP contribution in [0, 0.1) is 5.41 Å². The molecule has 0 aromatic carbocycles. The third kappa shape index (κ3) is 1.74. The molecule has 1 aliphatic carbocycles. The van der Waals surface area contributed by atoms with Crippen molar-refractivity contribution in [3.05, 3.63) is 0 Å². The molecule has 0 unspecified atom stereocenters. The Bertz CT molecular complexity index is 214. The summed E-state index contributed by atoms with van der Waals surface area (Å²) in [4.78, 5) is 23.4. The zero-order valence-corrected chi connectivity index (χ0v) is 8.85. The Morgan fingerprint density at radius 1 is 1.07 bits per heavy atom. The van der Waals surface area contributed by atoms with Crippen molar-refractivity contribution in [2.75, 3.05) is 13.1 Å². The van der Waals surface area contributed by atoms with E-state index in [9.17, 15) is 9.59 Å². The van der Waals surface area contributed by atoms with Crippen LogP contribution in [-0.4, -0.2) is 24.9 Å². The monoisotopic (exact) mass is 198 g/mol. The van der Waals surface area contributed by atoms with Gasteiger partial charge in [0.2, 0.25) is 11.8 Å². The predicted molar refractivity (Wildman–Crippen MR) is 53.7 cm³/mol. The van der Waals surface area contributed by atoms with Gasteiger partial charge < -0.3 is 10.6 Å². The average molecular weight is 198 g/mol. The minimum Gasteiger partial charge on any atom is -0.355 e. The summed E-state index contributed by atoms with van der Waals surface area (Å²) in [6, 6.07) is 0. The summed E-state index contributed by atoms with van der Waals surface area (Å²) in [5, 5.41) is 5.46. The van der Waals surface area contributed by atoms with Gasteiger partial charge in [-0.2, -0.15) is 0 Å². The van der Waals surface area contributed by atoms with Crippen molar-refractivity contribution in [2.45, 2.75) is 33.1 Å². The summed E-state index contributed by atoms with van der Waals surface area (Å²) in [5.41, 5.74) is -0.758. The lowest BCUT2D eigenvalue weighted by Gasteiger charge is -2.38. The van der Waals surface area contributed by atoms with Crippen LogP contribution in [0.5, 0.6) is 0 Å². The molecular formula is C10H18N2O2. The standard InChI is InChI=1S/C10H18N2O2/c1-3-11-8(13)10(6-5-7-10)9(14)12-4-2/h3-7H2,1-2H3,(H,11,13)(H,12,14). The summed E-state index contributed by atoms with van der Waals surface area (Å²) < 4.78 is 0. The Hall–Kier alpha value is -1.06. The van der Waals surface area contributed by atoms with Gasteiger partial charge >= 0.3 is 0 Å². The Kier molecular flexibility index (Phi) is 3.49. The van der Waals surface area contributed by atoms with Gasteiger partial charge in [0.05, 0.1) is 0 Å². The zero-order valence-electron chi connectivity index (χ0n) is 8.85. The molecule has 1 saturated carbocycles. The third-order valence-electron chi connectivity index (χ3n) is 2.75. The van der Waals surface area contributed by atoms with E-state index in [1.807, 2.05) is 13.8 Å². The maximum atomic E-state index is 11.7. The highest BCUT2D eigenvalue weighted by Gasteiger charge is 2.50. The highest BCUT2D eigenvalue weighted by atomic mass is 16.2. The number of hydrogen-bond acceptors (Lipinski definition) is 2.